The second-order valence-corrected chi connectivity index (χ2v) is 5.82. The maximum Gasteiger partial charge on any atom is 0.291 e. The van der Waals surface area contributed by atoms with Crippen LogP contribution in [0.5, 0.6) is 0 Å². The average molecular weight is 336 g/mol. The number of amides is 2. The summed E-state index contributed by atoms with van der Waals surface area (Å²) in [7, 11) is 1.62. The number of nitrogens with one attached hydrogen (secondary N) is 2. The largest absolute Gasteiger partial charge is 0.487 e. The molecular formula is C16H20N2O4S. The Morgan fingerprint density at radius 1 is 1.35 bits per heavy atom. The average Bonchev–Trinajstić information content (AvgIpc) is 2.59. The van der Waals surface area contributed by atoms with E-state index in [2.05, 4.69) is 10.6 Å². The Kier molecular flexibility index (Phi) is 6.96. The summed E-state index contributed by atoms with van der Waals surface area (Å²) in [5, 5.41) is 7.24. The summed E-state index contributed by atoms with van der Waals surface area (Å²) >= 11 is 1.54. The van der Waals surface area contributed by atoms with Gasteiger partial charge in [-0.3, -0.25) is 9.59 Å². The van der Waals surface area contributed by atoms with Crippen molar-refractivity contribution < 1.29 is 19.1 Å². The van der Waals surface area contributed by atoms with Crippen molar-refractivity contribution in [1.82, 2.24) is 5.32 Å². The number of hydrogen-bond donors (Lipinski definition) is 2. The van der Waals surface area contributed by atoms with E-state index in [1.54, 1.807) is 48.5 Å². The van der Waals surface area contributed by atoms with Crippen molar-refractivity contribution in [3.63, 3.8) is 0 Å². The summed E-state index contributed by atoms with van der Waals surface area (Å²) in [5.41, 5.74) is 1.05. The third-order valence-electron chi connectivity index (χ3n) is 3.07. The number of thioether (sulfide) groups is 1. The number of benzene rings is 1. The quantitative estimate of drug-likeness (QED) is 0.745. The predicted octanol–water partition coefficient (Wildman–Crippen LogP) is 2.00. The first-order valence-corrected chi connectivity index (χ1v) is 8.38. The molecule has 2 amide bonds. The molecule has 23 heavy (non-hydrogen) atoms. The van der Waals surface area contributed by atoms with Gasteiger partial charge in [-0.2, -0.15) is 0 Å². The van der Waals surface area contributed by atoms with Crippen molar-refractivity contribution in [3.8, 4) is 0 Å². The molecule has 0 spiro atoms. The Morgan fingerprint density at radius 2 is 2.22 bits per heavy atom. The van der Waals surface area contributed by atoms with Gasteiger partial charge in [-0.25, -0.2) is 0 Å². The van der Waals surface area contributed by atoms with Gasteiger partial charge in [-0.05, 0) is 24.6 Å². The standard InChI is InChI=1S/C16H20N2O4S/c1-21-7-3-6-17-15(19)12-4-2-5-13(10-12)18-16(20)14-11-23-9-8-22-14/h2,4-5,10-11H,3,6-9H2,1H3,(H,17,19)(H,18,20). The van der Waals surface area contributed by atoms with E-state index in [1.807, 2.05) is 0 Å². The first-order chi connectivity index (χ1) is 11.2. The van der Waals surface area contributed by atoms with Crippen LogP contribution in [0.25, 0.3) is 0 Å². The van der Waals surface area contributed by atoms with Crippen LogP contribution in [-0.2, 0) is 14.3 Å². The van der Waals surface area contributed by atoms with Crippen molar-refractivity contribution in [2.45, 2.75) is 6.42 Å². The molecule has 1 aromatic carbocycles. The summed E-state index contributed by atoms with van der Waals surface area (Å²) in [4.78, 5) is 24.1. The lowest BCUT2D eigenvalue weighted by Crippen LogP contribution is -2.25. The molecule has 1 aliphatic rings. The molecule has 2 N–H and O–H groups in total. The molecule has 1 aromatic rings. The minimum Gasteiger partial charge on any atom is -0.487 e. The van der Waals surface area contributed by atoms with E-state index >= 15 is 0 Å². The monoisotopic (exact) mass is 336 g/mol. The van der Waals surface area contributed by atoms with Crippen LogP contribution in [0, 0.1) is 0 Å². The maximum atomic E-state index is 12.1. The second-order valence-electron chi connectivity index (χ2n) is 4.84. The second kappa shape index (κ2) is 9.22. The first kappa shape index (κ1) is 17.4. The van der Waals surface area contributed by atoms with E-state index in [-0.39, 0.29) is 11.8 Å². The molecule has 0 atom stereocenters. The van der Waals surface area contributed by atoms with Crippen LogP contribution in [0.4, 0.5) is 5.69 Å². The number of anilines is 1. The van der Waals surface area contributed by atoms with Crippen molar-refractivity contribution in [3.05, 3.63) is 41.0 Å². The third-order valence-corrected chi connectivity index (χ3v) is 3.85. The van der Waals surface area contributed by atoms with E-state index in [9.17, 15) is 9.59 Å². The Balaban J connectivity index is 1.92. The zero-order valence-corrected chi connectivity index (χ0v) is 13.8. The molecule has 0 aliphatic carbocycles. The Morgan fingerprint density at radius 3 is 2.96 bits per heavy atom. The van der Waals surface area contributed by atoms with Crippen LogP contribution in [-0.4, -0.2) is 44.4 Å². The summed E-state index contributed by atoms with van der Waals surface area (Å²) in [6.07, 6.45) is 0.752. The van der Waals surface area contributed by atoms with Crippen LogP contribution < -0.4 is 10.6 Å². The predicted molar refractivity (Wildman–Crippen MR) is 90.4 cm³/mol. The van der Waals surface area contributed by atoms with Gasteiger partial charge in [0.2, 0.25) is 0 Å². The first-order valence-electron chi connectivity index (χ1n) is 7.34. The lowest BCUT2D eigenvalue weighted by atomic mass is 10.2. The SMILES string of the molecule is COCCCNC(=O)c1cccc(NC(=O)C2=CSCCO2)c1. The van der Waals surface area contributed by atoms with Crippen LogP contribution >= 0.6 is 11.8 Å². The Bertz CT molecular complexity index is 589. The van der Waals surface area contributed by atoms with Crippen LogP contribution in [0.3, 0.4) is 0 Å². The minimum absolute atomic E-state index is 0.180. The van der Waals surface area contributed by atoms with Crippen molar-refractivity contribution in [1.29, 1.82) is 0 Å². The number of methoxy groups -OCH3 is 1. The molecule has 0 aromatic heterocycles. The molecule has 0 saturated heterocycles. The van der Waals surface area contributed by atoms with Crippen LogP contribution in [0.15, 0.2) is 35.4 Å². The lowest BCUT2D eigenvalue weighted by molar-refractivity contribution is -0.116. The molecule has 0 bridgehead atoms. The highest BCUT2D eigenvalue weighted by Crippen LogP contribution is 2.17. The van der Waals surface area contributed by atoms with Gasteiger partial charge in [0.1, 0.15) is 0 Å². The van der Waals surface area contributed by atoms with Gasteiger partial charge < -0.3 is 20.1 Å². The van der Waals surface area contributed by atoms with Gasteiger partial charge in [-0.15, -0.1) is 11.8 Å². The number of rotatable bonds is 7. The number of carbonyl (C=O) groups is 2. The van der Waals surface area contributed by atoms with E-state index in [1.165, 1.54) is 0 Å². The van der Waals surface area contributed by atoms with E-state index in [0.717, 1.165) is 12.2 Å². The van der Waals surface area contributed by atoms with Gasteiger partial charge in [-0.1, -0.05) is 6.07 Å². The number of ether oxygens (including phenoxy) is 2. The minimum atomic E-state index is -0.310. The fourth-order valence-electron chi connectivity index (χ4n) is 1.94. The number of hydrogen-bond acceptors (Lipinski definition) is 5. The molecule has 0 saturated carbocycles. The third kappa shape index (κ3) is 5.61. The fraction of sp³-hybridized carbons (Fsp3) is 0.375. The molecule has 0 fully saturated rings. The molecular weight excluding hydrogens is 316 g/mol. The van der Waals surface area contributed by atoms with Gasteiger partial charge in [0, 0.05) is 42.7 Å². The van der Waals surface area contributed by atoms with Gasteiger partial charge >= 0.3 is 0 Å². The normalized spacial score (nSPS) is 13.7. The van der Waals surface area contributed by atoms with Gasteiger partial charge in [0.25, 0.3) is 11.8 Å². The molecule has 6 nitrogen and oxygen atoms in total. The Labute approximate surface area is 139 Å². The zero-order valence-electron chi connectivity index (χ0n) is 13.0. The van der Waals surface area contributed by atoms with Crippen molar-refractivity contribution in [2.24, 2.45) is 0 Å². The summed E-state index contributed by atoms with van der Waals surface area (Å²) in [5.74, 6) is 0.654. The number of carbonyl (C=O) groups excluding carboxylic acids is 2. The topological polar surface area (TPSA) is 76.7 Å². The molecule has 7 heteroatoms. The van der Waals surface area contributed by atoms with Crippen LogP contribution in [0.1, 0.15) is 16.8 Å². The smallest absolute Gasteiger partial charge is 0.291 e. The zero-order chi connectivity index (χ0) is 16.5. The highest BCUT2D eigenvalue weighted by atomic mass is 32.2. The molecule has 0 radical (unpaired) electrons. The van der Waals surface area contributed by atoms with Gasteiger partial charge in [0.05, 0.1) is 6.61 Å². The molecule has 1 heterocycles. The molecule has 124 valence electrons. The molecule has 2 rings (SSSR count). The Hall–Kier alpha value is -1.99. The molecule has 0 unspecified atom stereocenters. The van der Waals surface area contributed by atoms with Crippen molar-refractivity contribution >= 4 is 29.3 Å². The van der Waals surface area contributed by atoms with Crippen molar-refractivity contribution in [2.75, 3.05) is 37.9 Å². The summed E-state index contributed by atoms with van der Waals surface area (Å²) in [6, 6.07) is 6.80. The molecule has 1 aliphatic heterocycles. The van der Waals surface area contributed by atoms with E-state index < -0.39 is 0 Å². The highest BCUT2D eigenvalue weighted by molar-refractivity contribution is 8.02. The van der Waals surface area contributed by atoms with Crippen LogP contribution in [0.2, 0.25) is 0 Å². The van der Waals surface area contributed by atoms with Gasteiger partial charge in [0.15, 0.2) is 5.76 Å². The highest BCUT2D eigenvalue weighted by Gasteiger charge is 2.15. The maximum absolute atomic E-state index is 12.1. The summed E-state index contributed by atoms with van der Waals surface area (Å²) in [6.45, 7) is 1.67. The fourth-order valence-corrected chi connectivity index (χ4v) is 2.56. The lowest BCUT2D eigenvalue weighted by Gasteiger charge is -2.14. The van der Waals surface area contributed by atoms with E-state index in [4.69, 9.17) is 9.47 Å². The summed E-state index contributed by atoms with van der Waals surface area (Å²) < 4.78 is 10.2. The van der Waals surface area contributed by atoms with E-state index in [0.29, 0.717) is 36.8 Å².